The summed E-state index contributed by atoms with van der Waals surface area (Å²) >= 11 is 0. The molecule has 26 heavy (non-hydrogen) atoms. The molecule has 1 aromatic heterocycles. The number of hydrogen-bond acceptors (Lipinski definition) is 5. The van der Waals surface area contributed by atoms with E-state index in [-0.39, 0.29) is 30.0 Å². The first kappa shape index (κ1) is 16.5. The van der Waals surface area contributed by atoms with Gasteiger partial charge in [0.05, 0.1) is 29.6 Å². The lowest BCUT2D eigenvalue weighted by atomic mass is 10.1. The lowest BCUT2D eigenvalue weighted by Gasteiger charge is -2.24. The zero-order chi connectivity index (χ0) is 18.6. The highest BCUT2D eigenvalue weighted by Gasteiger charge is 2.41. The topological polar surface area (TPSA) is 79.8 Å². The van der Waals surface area contributed by atoms with Gasteiger partial charge >= 0.3 is 5.97 Å². The second-order valence-electron chi connectivity index (χ2n) is 6.65. The number of methoxy groups -OCH3 is 1. The molecule has 1 aromatic carbocycles. The van der Waals surface area contributed by atoms with Crippen molar-refractivity contribution in [1.82, 2.24) is 4.98 Å². The molecule has 3 heterocycles. The summed E-state index contributed by atoms with van der Waals surface area (Å²) in [5, 5.41) is 0.697. The number of anilines is 2. The number of amides is 2. The van der Waals surface area contributed by atoms with Crippen LogP contribution in [0.25, 0.3) is 10.9 Å². The van der Waals surface area contributed by atoms with Crippen molar-refractivity contribution >= 4 is 40.1 Å². The Balaban J connectivity index is 2.03. The number of esters is 1. The van der Waals surface area contributed by atoms with Gasteiger partial charge in [0.25, 0.3) is 5.91 Å². The van der Waals surface area contributed by atoms with Crippen molar-refractivity contribution in [3.05, 3.63) is 29.5 Å². The SMILES string of the molecule is CCCN1C(=O)CC(C)N2C(=O)c3cc(C(=O)OC)nc4ccc1c2c34. The molecule has 0 saturated heterocycles. The normalized spacial score (nSPS) is 18.5. The standard InChI is InChI=1S/C19H19N3O4/c1-4-7-21-14-6-5-12-16-11(9-13(20-12)19(25)26-3)18(24)22(17(14)16)10(2)8-15(21)23/h5-6,9-10H,4,7-8H2,1-3H3. The molecule has 0 spiro atoms. The number of nitrogens with zero attached hydrogens (tertiary/aromatic N) is 3. The number of rotatable bonds is 3. The van der Waals surface area contributed by atoms with Gasteiger partial charge in [0.15, 0.2) is 0 Å². The van der Waals surface area contributed by atoms with Crippen LogP contribution in [0.15, 0.2) is 18.2 Å². The molecule has 2 aliphatic heterocycles. The summed E-state index contributed by atoms with van der Waals surface area (Å²) in [4.78, 5) is 45.5. The quantitative estimate of drug-likeness (QED) is 0.792. The van der Waals surface area contributed by atoms with Gasteiger partial charge in [-0.3, -0.25) is 9.59 Å². The highest BCUT2D eigenvalue weighted by molar-refractivity contribution is 6.29. The van der Waals surface area contributed by atoms with Crippen LogP contribution < -0.4 is 9.80 Å². The Morgan fingerprint density at radius 2 is 2.12 bits per heavy atom. The number of pyridine rings is 1. The zero-order valence-corrected chi connectivity index (χ0v) is 14.9. The minimum Gasteiger partial charge on any atom is -0.464 e. The average Bonchev–Trinajstić information content (AvgIpc) is 2.87. The molecule has 0 saturated carbocycles. The third-order valence-electron chi connectivity index (χ3n) is 4.96. The van der Waals surface area contributed by atoms with Crippen molar-refractivity contribution in [3.63, 3.8) is 0 Å². The van der Waals surface area contributed by atoms with Gasteiger partial charge in [-0.25, -0.2) is 9.78 Å². The van der Waals surface area contributed by atoms with E-state index in [4.69, 9.17) is 4.74 Å². The second-order valence-corrected chi connectivity index (χ2v) is 6.65. The minimum atomic E-state index is -0.581. The first-order chi connectivity index (χ1) is 12.5. The van der Waals surface area contributed by atoms with Crippen molar-refractivity contribution in [2.24, 2.45) is 0 Å². The van der Waals surface area contributed by atoms with E-state index >= 15 is 0 Å². The van der Waals surface area contributed by atoms with Crippen LogP contribution in [0.4, 0.5) is 11.4 Å². The first-order valence-electron chi connectivity index (χ1n) is 8.68. The molecule has 7 heteroatoms. The summed E-state index contributed by atoms with van der Waals surface area (Å²) < 4.78 is 4.75. The summed E-state index contributed by atoms with van der Waals surface area (Å²) in [5.74, 6) is -0.774. The molecular formula is C19H19N3O4. The van der Waals surface area contributed by atoms with Gasteiger partial charge in [-0.15, -0.1) is 0 Å². The highest BCUT2D eigenvalue weighted by atomic mass is 16.5. The average molecular weight is 353 g/mol. The molecule has 7 nitrogen and oxygen atoms in total. The Labute approximate surface area is 150 Å². The molecule has 2 aliphatic rings. The fourth-order valence-electron chi connectivity index (χ4n) is 3.85. The molecule has 4 rings (SSSR count). The minimum absolute atomic E-state index is 0.0119. The van der Waals surface area contributed by atoms with Crippen molar-refractivity contribution in [2.75, 3.05) is 23.5 Å². The van der Waals surface area contributed by atoms with Crippen LogP contribution in [-0.2, 0) is 9.53 Å². The number of carbonyl (C=O) groups excluding carboxylic acids is 3. The molecular weight excluding hydrogens is 334 g/mol. The van der Waals surface area contributed by atoms with E-state index < -0.39 is 5.97 Å². The monoisotopic (exact) mass is 353 g/mol. The third kappa shape index (κ3) is 2.13. The van der Waals surface area contributed by atoms with Crippen LogP contribution in [-0.4, -0.2) is 42.5 Å². The molecule has 134 valence electrons. The fourth-order valence-corrected chi connectivity index (χ4v) is 3.85. The van der Waals surface area contributed by atoms with Crippen LogP contribution in [0.1, 0.15) is 47.5 Å². The molecule has 1 unspecified atom stereocenters. The summed E-state index contributed by atoms with van der Waals surface area (Å²) in [6, 6.07) is 4.79. The van der Waals surface area contributed by atoms with Crippen molar-refractivity contribution in [2.45, 2.75) is 32.7 Å². The largest absolute Gasteiger partial charge is 0.464 e. The zero-order valence-electron chi connectivity index (χ0n) is 14.9. The Morgan fingerprint density at radius 3 is 2.81 bits per heavy atom. The van der Waals surface area contributed by atoms with Gasteiger partial charge < -0.3 is 14.5 Å². The maximum Gasteiger partial charge on any atom is 0.356 e. The number of ether oxygens (including phenoxy) is 1. The number of carbonyl (C=O) groups is 3. The van der Waals surface area contributed by atoms with Gasteiger partial charge in [0, 0.05) is 24.4 Å². The molecule has 1 atom stereocenters. The third-order valence-corrected chi connectivity index (χ3v) is 4.96. The van der Waals surface area contributed by atoms with E-state index in [0.717, 1.165) is 17.8 Å². The van der Waals surface area contributed by atoms with Gasteiger partial charge in [-0.05, 0) is 31.5 Å². The highest BCUT2D eigenvalue weighted by Crippen LogP contribution is 2.47. The lowest BCUT2D eigenvalue weighted by Crippen LogP contribution is -2.37. The Bertz CT molecular complexity index is 969. The number of benzene rings is 1. The van der Waals surface area contributed by atoms with Crippen molar-refractivity contribution < 1.29 is 19.1 Å². The van der Waals surface area contributed by atoms with E-state index in [2.05, 4.69) is 4.98 Å². The number of hydrogen-bond donors (Lipinski definition) is 0. The molecule has 0 radical (unpaired) electrons. The molecule has 2 amide bonds. The molecule has 0 aliphatic carbocycles. The maximum atomic E-state index is 13.1. The summed E-state index contributed by atoms with van der Waals surface area (Å²) in [6.07, 6.45) is 1.07. The molecule has 0 N–H and O–H groups in total. The lowest BCUT2D eigenvalue weighted by molar-refractivity contribution is -0.118. The van der Waals surface area contributed by atoms with E-state index in [9.17, 15) is 14.4 Å². The summed E-state index contributed by atoms with van der Waals surface area (Å²) in [6.45, 7) is 4.48. The molecule has 2 aromatic rings. The molecule has 0 bridgehead atoms. The van der Waals surface area contributed by atoms with Crippen LogP contribution in [0.3, 0.4) is 0 Å². The van der Waals surface area contributed by atoms with E-state index in [1.165, 1.54) is 13.2 Å². The van der Waals surface area contributed by atoms with E-state index in [0.29, 0.717) is 23.0 Å². The molecule has 0 fully saturated rings. The number of aromatic nitrogens is 1. The van der Waals surface area contributed by atoms with Crippen LogP contribution in [0.2, 0.25) is 0 Å². The predicted molar refractivity (Wildman–Crippen MR) is 96.6 cm³/mol. The van der Waals surface area contributed by atoms with Crippen LogP contribution in [0.5, 0.6) is 0 Å². The Hall–Kier alpha value is -2.96. The van der Waals surface area contributed by atoms with Gasteiger partial charge in [-0.1, -0.05) is 6.92 Å². The van der Waals surface area contributed by atoms with Crippen molar-refractivity contribution in [3.8, 4) is 0 Å². The van der Waals surface area contributed by atoms with Crippen LogP contribution in [0, 0.1) is 0 Å². The first-order valence-corrected chi connectivity index (χ1v) is 8.68. The Morgan fingerprint density at radius 1 is 1.35 bits per heavy atom. The van der Waals surface area contributed by atoms with E-state index in [1.54, 1.807) is 15.9 Å². The smallest absolute Gasteiger partial charge is 0.356 e. The Kier molecular flexibility index (Phi) is 3.68. The fraction of sp³-hybridized carbons (Fsp3) is 0.368. The van der Waals surface area contributed by atoms with Crippen molar-refractivity contribution in [1.29, 1.82) is 0 Å². The maximum absolute atomic E-state index is 13.1. The summed E-state index contributed by atoms with van der Waals surface area (Å²) in [5.41, 5.74) is 2.54. The van der Waals surface area contributed by atoms with Gasteiger partial charge in [0.2, 0.25) is 5.91 Å². The second kappa shape index (κ2) is 5.79. The van der Waals surface area contributed by atoms with Gasteiger partial charge in [0.1, 0.15) is 5.69 Å². The van der Waals surface area contributed by atoms with Gasteiger partial charge in [-0.2, -0.15) is 0 Å². The van der Waals surface area contributed by atoms with Crippen LogP contribution >= 0.6 is 0 Å². The summed E-state index contributed by atoms with van der Waals surface area (Å²) in [7, 11) is 1.28. The van der Waals surface area contributed by atoms with E-state index in [1.807, 2.05) is 19.9 Å². The predicted octanol–water partition coefficient (Wildman–Crippen LogP) is 2.52.